The number of benzene rings is 1. The lowest BCUT2D eigenvalue weighted by Gasteiger charge is -2.20. The Morgan fingerprint density at radius 1 is 1.20 bits per heavy atom. The van der Waals surface area contributed by atoms with E-state index in [9.17, 15) is 5.11 Å². The Hall–Kier alpha value is -0.940. The van der Waals surface area contributed by atoms with Gasteiger partial charge in [-0.25, -0.2) is 0 Å². The van der Waals surface area contributed by atoms with Gasteiger partial charge >= 0.3 is 0 Å². The highest BCUT2D eigenvalue weighted by atomic mass is 16.5. The minimum absolute atomic E-state index is 0.00760. The van der Waals surface area contributed by atoms with Gasteiger partial charge in [-0.1, -0.05) is 37.3 Å². The van der Waals surface area contributed by atoms with Crippen LogP contribution in [0.15, 0.2) is 30.3 Å². The summed E-state index contributed by atoms with van der Waals surface area (Å²) >= 11 is 0. The third kappa shape index (κ3) is 6.48. The van der Waals surface area contributed by atoms with Crippen LogP contribution in [0.2, 0.25) is 0 Å². The smallest absolute Gasteiger partial charge is 0.0898 e. The van der Waals surface area contributed by atoms with E-state index in [1.165, 1.54) is 0 Å². The topological polar surface area (TPSA) is 50.7 Å². The highest BCUT2D eigenvalue weighted by molar-refractivity contribution is 5.16. The van der Waals surface area contributed by atoms with E-state index < -0.39 is 6.10 Å². The lowest BCUT2D eigenvalue weighted by atomic mass is 10.1. The summed E-state index contributed by atoms with van der Waals surface area (Å²) < 4.78 is 10.8. The lowest BCUT2D eigenvalue weighted by Crippen LogP contribution is -2.39. The van der Waals surface area contributed by atoms with Gasteiger partial charge in [-0.2, -0.15) is 0 Å². The third-order valence-electron chi connectivity index (χ3n) is 3.31. The second-order valence-electron chi connectivity index (χ2n) is 5.01. The first kappa shape index (κ1) is 17.1. The zero-order valence-electron chi connectivity index (χ0n) is 12.7. The van der Waals surface area contributed by atoms with Gasteiger partial charge in [0, 0.05) is 19.7 Å². The molecular formula is C16H27NO3. The number of hydrogen-bond acceptors (Lipinski definition) is 4. The predicted molar refractivity (Wildman–Crippen MR) is 80.8 cm³/mol. The molecule has 0 amide bonds. The maximum atomic E-state index is 9.93. The number of ether oxygens (including phenoxy) is 2. The number of aliphatic hydroxyl groups excluding tert-OH is 1. The van der Waals surface area contributed by atoms with Gasteiger partial charge in [-0.15, -0.1) is 0 Å². The maximum absolute atomic E-state index is 9.93. The Kier molecular flexibility index (Phi) is 8.46. The molecule has 2 N–H and O–H groups in total. The lowest BCUT2D eigenvalue weighted by molar-refractivity contribution is -0.00388. The zero-order chi connectivity index (χ0) is 14.8. The van der Waals surface area contributed by atoms with Crippen LogP contribution in [0.1, 0.15) is 31.9 Å². The number of hydrogen-bond donors (Lipinski definition) is 2. The minimum atomic E-state index is -0.507. The SMILES string of the molecule is CCC(COC)NCC(O)COC(C)c1ccccc1. The number of aliphatic hydroxyl groups is 1. The van der Waals surface area contributed by atoms with Crippen LogP contribution < -0.4 is 5.32 Å². The van der Waals surface area contributed by atoms with Crippen molar-refractivity contribution in [3.8, 4) is 0 Å². The minimum Gasteiger partial charge on any atom is -0.389 e. The fourth-order valence-corrected chi connectivity index (χ4v) is 1.96. The fourth-order valence-electron chi connectivity index (χ4n) is 1.96. The molecule has 3 atom stereocenters. The molecule has 4 nitrogen and oxygen atoms in total. The van der Waals surface area contributed by atoms with Crippen LogP contribution >= 0.6 is 0 Å². The Balaban J connectivity index is 2.24. The first-order valence-corrected chi connectivity index (χ1v) is 7.24. The molecule has 0 fully saturated rings. The van der Waals surface area contributed by atoms with Crippen molar-refractivity contribution in [1.29, 1.82) is 0 Å². The van der Waals surface area contributed by atoms with Gasteiger partial charge in [0.15, 0.2) is 0 Å². The van der Waals surface area contributed by atoms with Crippen LogP contribution in [-0.4, -0.2) is 44.1 Å². The summed E-state index contributed by atoms with van der Waals surface area (Å²) in [5, 5.41) is 13.2. The van der Waals surface area contributed by atoms with Crippen LogP contribution in [0.4, 0.5) is 0 Å². The molecule has 0 radical (unpaired) electrons. The van der Waals surface area contributed by atoms with Gasteiger partial charge in [0.2, 0.25) is 0 Å². The van der Waals surface area contributed by atoms with E-state index in [0.717, 1.165) is 12.0 Å². The molecule has 114 valence electrons. The molecule has 0 aliphatic carbocycles. The first-order valence-electron chi connectivity index (χ1n) is 7.24. The van der Waals surface area contributed by atoms with Crippen molar-refractivity contribution < 1.29 is 14.6 Å². The molecule has 0 saturated heterocycles. The van der Waals surface area contributed by atoms with E-state index in [4.69, 9.17) is 9.47 Å². The molecule has 3 unspecified atom stereocenters. The van der Waals surface area contributed by atoms with E-state index in [2.05, 4.69) is 12.2 Å². The average Bonchev–Trinajstić information content (AvgIpc) is 2.49. The Morgan fingerprint density at radius 3 is 2.50 bits per heavy atom. The van der Waals surface area contributed by atoms with Gasteiger partial charge in [0.25, 0.3) is 0 Å². The monoisotopic (exact) mass is 281 g/mol. The molecule has 0 spiro atoms. The van der Waals surface area contributed by atoms with E-state index in [1.54, 1.807) is 7.11 Å². The van der Waals surface area contributed by atoms with Gasteiger partial charge in [0.05, 0.1) is 25.4 Å². The van der Waals surface area contributed by atoms with Crippen LogP contribution in [0.5, 0.6) is 0 Å². The Labute approximate surface area is 122 Å². The highest BCUT2D eigenvalue weighted by Gasteiger charge is 2.12. The largest absolute Gasteiger partial charge is 0.389 e. The Bertz CT molecular complexity index is 345. The maximum Gasteiger partial charge on any atom is 0.0898 e. The molecule has 1 rings (SSSR count). The van der Waals surface area contributed by atoms with Crippen LogP contribution in [-0.2, 0) is 9.47 Å². The van der Waals surface area contributed by atoms with Gasteiger partial charge in [-0.3, -0.25) is 0 Å². The van der Waals surface area contributed by atoms with Crippen molar-refractivity contribution in [3.63, 3.8) is 0 Å². The van der Waals surface area contributed by atoms with Crippen LogP contribution in [0.3, 0.4) is 0 Å². The normalized spacial score (nSPS) is 15.8. The van der Waals surface area contributed by atoms with Crippen molar-refractivity contribution in [2.24, 2.45) is 0 Å². The average molecular weight is 281 g/mol. The van der Waals surface area contributed by atoms with E-state index in [1.807, 2.05) is 37.3 Å². The van der Waals surface area contributed by atoms with E-state index in [-0.39, 0.29) is 12.1 Å². The molecule has 0 aromatic heterocycles. The fraction of sp³-hybridized carbons (Fsp3) is 0.625. The first-order chi connectivity index (χ1) is 9.67. The van der Waals surface area contributed by atoms with Crippen molar-refractivity contribution in [1.82, 2.24) is 5.32 Å². The molecule has 1 aromatic carbocycles. The quantitative estimate of drug-likeness (QED) is 0.690. The van der Waals surface area contributed by atoms with Gasteiger partial charge in [-0.05, 0) is 18.9 Å². The number of nitrogens with one attached hydrogen (secondary N) is 1. The molecule has 0 aliphatic rings. The molecule has 1 aromatic rings. The van der Waals surface area contributed by atoms with E-state index >= 15 is 0 Å². The van der Waals surface area contributed by atoms with Gasteiger partial charge < -0.3 is 19.9 Å². The summed E-state index contributed by atoms with van der Waals surface area (Å²) in [4.78, 5) is 0. The van der Waals surface area contributed by atoms with Crippen molar-refractivity contribution >= 4 is 0 Å². The van der Waals surface area contributed by atoms with Crippen molar-refractivity contribution in [2.75, 3.05) is 26.9 Å². The summed E-state index contributed by atoms with van der Waals surface area (Å²) in [5.74, 6) is 0. The summed E-state index contributed by atoms with van der Waals surface area (Å²) in [7, 11) is 1.69. The second kappa shape index (κ2) is 9.88. The molecule has 0 bridgehead atoms. The van der Waals surface area contributed by atoms with E-state index in [0.29, 0.717) is 19.8 Å². The summed E-state index contributed by atoms with van der Waals surface area (Å²) in [6.45, 7) is 5.59. The molecule has 20 heavy (non-hydrogen) atoms. The second-order valence-corrected chi connectivity index (χ2v) is 5.01. The standard InChI is InChI=1S/C16H27NO3/c1-4-15(11-19-3)17-10-16(18)12-20-13(2)14-8-6-5-7-9-14/h5-9,13,15-18H,4,10-12H2,1-3H3. The number of rotatable bonds is 10. The van der Waals surface area contributed by atoms with Gasteiger partial charge in [0.1, 0.15) is 0 Å². The molecule has 0 heterocycles. The molecular weight excluding hydrogens is 254 g/mol. The highest BCUT2D eigenvalue weighted by Crippen LogP contribution is 2.15. The Morgan fingerprint density at radius 2 is 1.90 bits per heavy atom. The predicted octanol–water partition coefficient (Wildman–Crippen LogP) is 2.14. The third-order valence-corrected chi connectivity index (χ3v) is 3.31. The molecule has 0 aliphatic heterocycles. The van der Waals surface area contributed by atoms with Crippen LogP contribution in [0, 0.1) is 0 Å². The van der Waals surface area contributed by atoms with Crippen molar-refractivity contribution in [3.05, 3.63) is 35.9 Å². The summed E-state index contributed by atoms with van der Waals surface area (Å²) in [6, 6.07) is 10.3. The number of methoxy groups -OCH3 is 1. The van der Waals surface area contributed by atoms with Crippen molar-refractivity contribution in [2.45, 2.75) is 38.5 Å². The molecule has 4 heteroatoms. The summed E-state index contributed by atoms with van der Waals surface area (Å²) in [5.41, 5.74) is 1.12. The zero-order valence-corrected chi connectivity index (χ0v) is 12.7. The summed E-state index contributed by atoms with van der Waals surface area (Å²) in [6.07, 6.45) is 0.459. The van der Waals surface area contributed by atoms with Crippen LogP contribution in [0.25, 0.3) is 0 Å². The molecule has 0 saturated carbocycles.